The van der Waals surface area contributed by atoms with E-state index in [9.17, 15) is 0 Å². The molecule has 1 heterocycles. The maximum atomic E-state index is 4.81. The lowest BCUT2D eigenvalue weighted by Crippen LogP contribution is -2.20. The minimum atomic E-state index is 0.573. The molecule has 0 unspecified atom stereocenters. The Hall–Kier alpha value is -0.790. The first-order valence-corrected chi connectivity index (χ1v) is 6.35. The van der Waals surface area contributed by atoms with Crippen molar-refractivity contribution >= 4 is 0 Å². The van der Waals surface area contributed by atoms with Gasteiger partial charge < -0.3 is 0 Å². The summed E-state index contributed by atoms with van der Waals surface area (Å²) in [5.74, 6) is 1.41. The summed E-state index contributed by atoms with van der Waals surface area (Å²) < 4.78 is 2.36. The Morgan fingerprint density at radius 3 is 2.47 bits per heavy atom. The maximum Gasteiger partial charge on any atom is 0.0653 e. The Balaban J connectivity index is 1.94. The van der Waals surface area contributed by atoms with Crippen LogP contribution >= 0.6 is 0 Å². The van der Waals surface area contributed by atoms with Gasteiger partial charge in [0.25, 0.3) is 0 Å². The van der Waals surface area contributed by atoms with Crippen molar-refractivity contribution < 1.29 is 0 Å². The van der Waals surface area contributed by atoms with Gasteiger partial charge in [-0.05, 0) is 44.1 Å². The molecule has 0 amide bonds. The SMILES string of the molecule is CC(C)c1cc(C2CC2)n(C2CCC2)n1. The van der Waals surface area contributed by atoms with Crippen LogP contribution in [-0.2, 0) is 0 Å². The molecule has 0 aromatic carbocycles. The molecule has 1 aromatic heterocycles. The average Bonchev–Trinajstić information content (AvgIpc) is 2.85. The number of hydrogen-bond acceptors (Lipinski definition) is 1. The molecule has 2 aliphatic carbocycles. The van der Waals surface area contributed by atoms with Crippen LogP contribution in [0.25, 0.3) is 0 Å². The second-order valence-corrected chi connectivity index (χ2v) is 5.45. The Morgan fingerprint density at radius 1 is 1.27 bits per heavy atom. The fourth-order valence-electron chi connectivity index (χ4n) is 2.32. The summed E-state index contributed by atoms with van der Waals surface area (Å²) in [6, 6.07) is 3.09. The third kappa shape index (κ3) is 1.60. The second kappa shape index (κ2) is 3.36. The van der Waals surface area contributed by atoms with Gasteiger partial charge in [-0.2, -0.15) is 5.10 Å². The zero-order valence-corrected chi connectivity index (χ0v) is 9.74. The van der Waals surface area contributed by atoms with Crippen LogP contribution in [-0.4, -0.2) is 9.78 Å². The van der Waals surface area contributed by atoms with Crippen LogP contribution in [0, 0.1) is 0 Å². The third-order valence-corrected chi connectivity index (χ3v) is 3.79. The molecule has 3 rings (SSSR count). The van der Waals surface area contributed by atoms with E-state index in [-0.39, 0.29) is 0 Å². The first-order chi connectivity index (χ1) is 7.25. The van der Waals surface area contributed by atoms with Gasteiger partial charge >= 0.3 is 0 Å². The van der Waals surface area contributed by atoms with Gasteiger partial charge in [-0.1, -0.05) is 13.8 Å². The summed E-state index contributed by atoms with van der Waals surface area (Å²) >= 11 is 0. The van der Waals surface area contributed by atoms with Crippen molar-refractivity contribution in [2.24, 2.45) is 0 Å². The second-order valence-electron chi connectivity index (χ2n) is 5.45. The molecule has 2 saturated carbocycles. The molecule has 2 aliphatic rings. The lowest BCUT2D eigenvalue weighted by atomic mass is 9.93. The van der Waals surface area contributed by atoms with Crippen molar-refractivity contribution in [1.82, 2.24) is 9.78 Å². The van der Waals surface area contributed by atoms with Gasteiger partial charge in [-0.25, -0.2) is 0 Å². The molecule has 1 aromatic rings. The molecule has 0 radical (unpaired) electrons. The lowest BCUT2D eigenvalue weighted by Gasteiger charge is -2.27. The highest BCUT2D eigenvalue weighted by Gasteiger charge is 2.32. The summed E-state index contributed by atoms with van der Waals surface area (Å²) in [6.45, 7) is 4.48. The normalized spacial score (nSPS) is 22.1. The quantitative estimate of drug-likeness (QED) is 0.735. The highest BCUT2D eigenvalue weighted by atomic mass is 15.3. The highest BCUT2D eigenvalue weighted by Crippen LogP contribution is 2.44. The molecular formula is C13H20N2. The van der Waals surface area contributed by atoms with Crippen LogP contribution in [0.1, 0.15) is 75.2 Å². The van der Waals surface area contributed by atoms with Crippen LogP contribution < -0.4 is 0 Å². The van der Waals surface area contributed by atoms with E-state index in [0.717, 1.165) is 12.0 Å². The van der Waals surface area contributed by atoms with Gasteiger partial charge in [-0.3, -0.25) is 4.68 Å². The number of nitrogens with zero attached hydrogens (tertiary/aromatic N) is 2. The van der Waals surface area contributed by atoms with Crippen molar-refractivity contribution in [1.29, 1.82) is 0 Å². The minimum absolute atomic E-state index is 0.573. The van der Waals surface area contributed by atoms with Gasteiger partial charge in [0.05, 0.1) is 11.7 Å². The summed E-state index contributed by atoms with van der Waals surface area (Å²) in [7, 11) is 0. The first-order valence-electron chi connectivity index (χ1n) is 6.35. The molecule has 0 atom stereocenters. The van der Waals surface area contributed by atoms with Gasteiger partial charge in [0, 0.05) is 11.6 Å². The number of rotatable bonds is 3. The maximum absolute atomic E-state index is 4.81. The van der Waals surface area contributed by atoms with E-state index in [2.05, 4.69) is 24.6 Å². The molecule has 2 nitrogen and oxygen atoms in total. The largest absolute Gasteiger partial charge is 0.266 e. The summed E-state index contributed by atoms with van der Waals surface area (Å²) in [6.07, 6.45) is 6.86. The van der Waals surface area contributed by atoms with Crippen molar-refractivity contribution in [2.45, 2.75) is 63.8 Å². The molecule has 82 valence electrons. The average molecular weight is 204 g/mol. The van der Waals surface area contributed by atoms with E-state index >= 15 is 0 Å². The van der Waals surface area contributed by atoms with Crippen molar-refractivity contribution in [3.05, 3.63) is 17.5 Å². The van der Waals surface area contributed by atoms with Crippen LogP contribution in [0.4, 0.5) is 0 Å². The van der Waals surface area contributed by atoms with Crippen LogP contribution in [0.3, 0.4) is 0 Å². The van der Waals surface area contributed by atoms with Crippen LogP contribution in [0.15, 0.2) is 6.07 Å². The Bertz CT molecular complexity index is 357. The molecule has 0 bridgehead atoms. The molecule has 2 fully saturated rings. The van der Waals surface area contributed by atoms with E-state index in [1.807, 2.05) is 0 Å². The monoisotopic (exact) mass is 204 g/mol. The zero-order valence-electron chi connectivity index (χ0n) is 9.74. The van der Waals surface area contributed by atoms with E-state index in [1.54, 1.807) is 0 Å². The van der Waals surface area contributed by atoms with E-state index < -0.39 is 0 Å². The fraction of sp³-hybridized carbons (Fsp3) is 0.769. The molecule has 0 spiro atoms. The predicted molar refractivity (Wildman–Crippen MR) is 61.2 cm³/mol. The first kappa shape index (κ1) is 9.44. The minimum Gasteiger partial charge on any atom is -0.266 e. The van der Waals surface area contributed by atoms with Gasteiger partial charge in [0.15, 0.2) is 0 Å². The van der Waals surface area contributed by atoms with Crippen LogP contribution in [0.2, 0.25) is 0 Å². The number of hydrogen-bond donors (Lipinski definition) is 0. The zero-order chi connectivity index (χ0) is 10.4. The van der Waals surface area contributed by atoms with E-state index in [0.29, 0.717) is 5.92 Å². The Morgan fingerprint density at radius 2 is 2.00 bits per heavy atom. The fourth-order valence-corrected chi connectivity index (χ4v) is 2.32. The standard InChI is InChI=1S/C13H20N2/c1-9(2)12-8-13(10-6-7-10)15(14-12)11-4-3-5-11/h8-11H,3-7H2,1-2H3. The van der Waals surface area contributed by atoms with Gasteiger partial charge in [-0.15, -0.1) is 0 Å². The Kier molecular flexibility index (Phi) is 2.11. The molecule has 0 saturated heterocycles. The van der Waals surface area contributed by atoms with Crippen molar-refractivity contribution in [3.8, 4) is 0 Å². The lowest BCUT2D eigenvalue weighted by molar-refractivity contribution is 0.281. The molecular weight excluding hydrogens is 184 g/mol. The Labute approximate surface area is 91.7 Å². The van der Waals surface area contributed by atoms with Crippen LogP contribution in [0.5, 0.6) is 0 Å². The smallest absolute Gasteiger partial charge is 0.0653 e. The predicted octanol–water partition coefficient (Wildman–Crippen LogP) is 3.61. The summed E-state index contributed by atoms with van der Waals surface area (Å²) in [5, 5.41) is 4.81. The van der Waals surface area contributed by atoms with Crippen molar-refractivity contribution in [2.75, 3.05) is 0 Å². The molecule has 0 N–H and O–H groups in total. The van der Waals surface area contributed by atoms with E-state index in [4.69, 9.17) is 5.10 Å². The highest BCUT2D eigenvalue weighted by molar-refractivity contribution is 5.22. The molecule has 2 heteroatoms. The number of aromatic nitrogens is 2. The third-order valence-electron chi connectivity index (χ3n) is 3.79. The summed E-state index contributed by atoms with van der Waals surface area (Å²) in [5.41, 5.74) is 2.83. The topological polar surface area (TPSA) is 17.8 Å². The molecule has 15 heavy (non-hydrogen) atoms. The van der Waals surface area contributed by atoms with E-state index in [1.165, 1.54) is 43.5 Å². The van der Waals surface area contributed by atoms with Gasteiger partial charge in [0.1, 0.15) is 0 Å². The summed E-state index contributed by atoms with van der Waals surface area (Å²) in [4.78, 5) is 0. The molecule has 0 aliphatic heterocycles. The van der Waals surface area contributed by atoms with Gasteiger partial charge in [0.2, 0.25) is 0 Å². The van der Waals surface area contributed by atoms with Crippen molar-refractivity contribution in [3.63, 3.8) is 0 Å².